The van der Waals surface area contributed by atoms with Gasteiger partial charge < -0.3 is 119 Å². The second-order valence-corrected chi connectivity index (χ2v) is 9.88. The predicted octanol–water partition coefficient (Wildman–Crippen LogP) is 4.30. The van der Waals surface area contributed by atoms with Gasteiger partial charge in [0.15, 0.2) is 12.5 Å². The molecule has 0 spiro atoms. The van der Waals surface area contributed by atoms with Gasteiger partial charge in [0.1, 0.15) is 0 Å². The molecule has 0 rings (SSSR count). The quantitative estimate of drug-likeness (QED) is 0.202. The first-order valence-electron chi connectivity index (χ1n) is 10.9. The number of hydrogen-bond donors (Lipinski definition) is 0. The van der Waals surface area contributed by atoms with Gasteiger partial charge in [0.05, 0.1) is 0 Å². The summed E-state index contributed by atoms with van der Waals surface area (Å²) in [6.45, 7) is 23.8. The Labute approximate surface area is 279 Å². The topological polar surface area (TPSA) is 30.0 Å². The molecular formula is C20H40MoN4OS9. The first-order valence-corrected chi connectivity index (χ1v) is 14.5. The van der Waals surface area contributed by atoms with Crippen LogP contribution < -0.4 is 0 Å². The zero-order chi connectivity index (χ0) is 28.3. The number of thiocarbonyl (C=S) groups is 4. The maximum atomic E-state index is 7.83. The van der Waals surface area contributed by atoms with E-state index in [1.54, 1.807) is 0 Å². The smallest absolute Gasteiger partial charge is 0.411 e. The molecule has 0 aromatic rings. The van der Waals surface area contributed by atoms with Crippen LogP contribution in [0.15, 0.2) is 0 Å². The maximum Gasteiger partial charge on any atom is 4.00 e. The van der Waals surface area contributed by atoms with E-state index in [1.165, 1.54) is 0 Å². The van der Waals surface area contributed by atoms with Gasteiger partial charge in [-0.2, -0.15) is 4.21 Å². The average molecular weight is 737 g/mol. The normalized spacial score (nSPS) is 8.11. The molecule has 0 atom stereocenters. The molecule has 0 aliphatic heterocycles. The molecule has 0 N–H and O–H groups in total. The molecule has 0 saturated heterocycles. The minimum Gasteiger partial charge on any atom is -0.411 e. The predicted molar refractivity (Wildman–Crippen MR) is 180 cm³/mol. The molecule has 15 heteroatoms. The van der Waals surface area contributed by atoms with Gasteiger partial charge in [-0.05, 0) is 55.4 Å². The summed E-state index contributed by atoms with van der Waals surface area (Å²) in [7, 11) is 0. The molecule has 5 nitrogen and oxygen atoms in total. The van der Waals surface area contributed by atoms with Crippen molar-refractivity contribution in [2.75, 3.05) is 52.4 Å². The third-order valence-corrected chi connectivity index (χ3v) is 6.15. The van der Waals surface area contributed by atoms with Crippen LogP contribution >= 0.6 is 48.9 Å². The van der Waals surface area contributed by atoms with Crippen molar-refractivity contribution in [1.82, 2.24) is 19.6 Å². The van der Waals surface area contributed by atoms with Gasteiger partial charge in [-0.1, -0.05) is 17.3 Å². The Bertz CT molecular complexity index is 431. The molecule has 0 aliphatic rings. The second-order valence-electron chi connectivity index (χ2n) is 5.75. The van der Waals surface area contributed by atoms with Gasteiger partial charge in [-0.25, -0.2) is 0 Å². The maximum absolute atomic E-state index is 7.83. The monoisotopic (exact) mass is 738 g/mol. The number of nitrogens with zero attached hydrogens (tertiary/aromatic N) is 4. The standard InChI is InChI=1S/4C5H11NS2.Mo.OS/c4*1-3-6(4-2)5(7)8;;1-2/h4*3-4H2,1-2H3,(H,7,8);;/q;;;;+4;/p-4. The van der Waals surface area contributed by atoms with Crippen LogP contribution in [-0.4, -0.2) is 93.4 Å². The summed E-state index contributed by atoms with van der Waals surface area (Å²) < 4.78 is 10.1. The minimum atomic E-state index is 0. The van der Waals surface area contributed by atoms with Crippen LogP contribution in [0, 0.1) is 0 Å². The van der Waals surface area contributed by atoms with Crippen LogP contribution in [0.4, 0.5) is 0 Å². The first-order chi connectivity index (χ1) is 15.9. The Balaban J connectivity index is -0.0000000774. The van der Waals surface area contributed by atoms with E-state index in [9.17, 15) is 0 Å². The fourth-order valence-corrected chi connectivity index (χ4v) is 3.99. The summed E-state index contributed by atoms with van der Waals surface area (Å²) in [5.41, 5.74) is 0. The second kappa shape index (κ2) is 37.3. The first kappa shape index (κ1) is 49.1. The van der Waals surface area contributed by atoms with Gasteiger partial charge >= 0.3 is 21.1 Å². The van der Waals surface area contributed by atoms with Crippen LogP contribution in [0.1, 0.15) is 55.4 Å². The Morgan fingerprint density at radius 1 is 0.429 bits per heavy atom. The molecule has 35 heavy (non-hydrogen) atoms. The summed E-state index contributed by atoms with van der Waals surface area (Å²) in [5, 5.41) is 0. The SMILES string of the molecule is CCN(CC)C(=S)[S-].CCN(CC)C(=S)[S-].CCN(CC)C(=S)[S-].CCN(CC)C(=S)[S-].O=S.[Mo+4]. The zero-order valence-electron chi connectivity index (χ0n) is 21.9. The zero-order valence-corrected chi connectivity index (χ0v) is 31.3. The summed E-state index contributed by atoms with van der Waals surface area (Å²) >= 11 is 40.9. The number of hydrogen-bond acceptors (Lipinski definition) is 10. The molecule has 0 heterocycles. The van der Waals surface area contributed by atoms with Crippen molar-refractivity contribution in [3.8, 4) is 0 Å². The van der Waals surface area contributed by atoms with Crippen LogP contribution in [0.3, 0.4) is 0 Å². The summed E-state index contributed by atoms with van der Waals surface area (Å²) in [4.78, 5) is 7.85. The molecule has 0 radical (unpaired) electrons. The van der Waals surface area contributed by atoms with Crippen LogP contribution in [0.5, 0.6) is 0 Å². The molecule has 0 bridgehead atoms. The fraction of sp³-hybridized carbons (Fsp3) is 0.800. The van der Waals surface area contributed by atoms with Gasteiger partial charge in [-0.15, -0.1) is 0 Å². The Kier molecular flexibility index (Phi) is 52.4. The van der Waals surface area contributed by atoms with E-state index in [1.807, 2.05) is 75.0 Å². The molecule has 0 saturated carbocycles. The van der Waals surface area contributed by atoms with Crippen molar-refractivity contribution in [2.45, 2.75) is 55.4 Å². The van der Waals surface area contributed by atoms with Crippen molar-refractivity contribution in [1.29, 1.82) is 0 Å². The van der Waals surface area contributed by atoms with E-state index in [0.717, 1.165) is 52.4 Å². The molecular weight excluding hydrogens is 697 g/mol. The third kappa shape index (κ3) is 35.1. The van der Waals surface area contributed by atoms with Gasteiger partial charge in [0, 0.05) is 52.4 Å². The molecule has 0 aliphatic carbocycles. The fourth-order valence-electron chi connectivity index (χ4n) is 1.93. The van der Waals surface area contributed by atoms with E-state index in [2.05, 4.69) is 12.5 Å². The summed E-state index contributed by atoms with van der Waals surface area (Å²) in [6.07, 6.45) is 0. The van der Waals surface area contributed by atoms with E-state index < -0.39 is 0 Å². The molecule has 0 aromatic carbocycles. The van der Waals surface area contributed by atoms with Gasteiger partial charge in [0.25, 0.3) is 0 Å². The van der Waals surface area contributed by atoms with Crippen LogP contribution in [0.25, 0.3) is 0 Å². The van der Waals surface area contributed by atoms with Crippen molar-refractivity contribution in [3.05, 3.63) is 0 Å². The minimum absolute atomic E-state index is 0. The van der Waals surface area contributed by atoms with Crippen LogP contribution in [0.2, 0.25) is 0 Å². The summed E-state index contributed by atoms with van der Waals surface area (Å²) in [6, 6.07) is 0. The van der Waals surface area contributed by atoms with Gasteiger partial charge in [-0.3, -0.25) is 0 Å². The van der Waals surface area contributed by atoms with Crippen molar-refractivity contribution in [2.24, 2.45) is 0 Å². The Morgan fingerprint density at radius 3 is 0.514 bits per heavy atom. The molecule has 0 unspecified atom stereocenters. The summed E-state index contributed by atoms with van der Waals surface area (Å²) in [5.74, 6) is 0. The molecule has 0 fully saturated rings. The van der Waals surface area contributed by atoms with Crippen molar-refractivity contribution < 1.29 is 25.3 Å². The Hall–Kier alpha value is 1.15. The Morgan fingerprint density at radius 2 is 0.514 bits per heavy atom. The molecule has 0 aromatic heterocycles. The average Bonchev–Trinajstić information content (AvgIpc) is 2.79. The van der Waals surface area contributed by atoms with E-state index in [4.69, 9.17) is 104 Å². The van der Waals surface area contributed by atoms with E-state index in [-0.39, 0.29) is 21.1 Å². The van der Waals surface area contributed by atoms with Gasteiger partial charge in [0.2, 0.25) is 0 Å². The van der Waals surface area contributed by atoms with E-state index >= 15 is 0 Å². The third-order valence-electron chi connectivity index (χ3n) is 4.09. The molecule has 206 valence electrons. The molecule has 0 amide bonds. The van der Waals surface area contributed by atoms with E-state index in [0.29, 0.717) is 17.3 Å². The van der Waals surface area contributed by atoms with Crippen LogP contribution in [-0.2, 0) is 84.1 Å². The number of rotatable bonds is 8. The van der Waals surface area contributed by atoms with Crippen molar-refractivity contribution >= 4 is 129 Å². The van der Waals surface area contributed by atoms with Crippen molar-refractivity contribution in [3.63, 3.8) is 0 Å². The largest absolute Gasteiger partial charge is 4.00 e.